The van der Waals surface area contributed by atoms with Gasteiger partial charge in [-0.05, 0) is 47.4 Å². The summed E-state index contributed by atoms with van der Waals surface area (Å²) in [6.07, 6.45) is 3.03. The fourth-order valence-corrected chi connectivity index (χ4v) is 2.43. The van der Waals surface area contributed by atoms with E-state index in [1.54, 1.807) is 25.3 Å². The minimum atomic E-state index is -0.323. The van der Waals surface area contributed by atoms with E-state index in [9.17, 15) is 9.18 Å². The van der Waals surface area contributed by atoms with Gasteiger partial charge in [0, 0.05) is 6.08 Å². The van der Waals surface area contributed by atoms with Gasteiger partial charge in [-0.2, -0.15) is 0 Å². The molecule has 0 unspecified atom stereocenters. The summed E-state index contributed by atoms with van der Waals surface area (Å²) >= 11 is 0. The first kappa shape index (κ1) is 17.7. The van der Waals surface area contributed by atoms with Gasteiger partial charge in [0.1, 0.15) is 11.6 Å². The molecule has 0 aliphatic heterocycles. The third kappa shape index (κ3) is 4.95. The predicted octanol–water partition coefficient (Wildman–Crippen LogP) is 4.36. The van der Waals surface area contributed by atoms with E-state index in [1.807, 2.05) is 38.1 Å². The molecule has 0 bridgehead atoms. The lowest BCUT2D eigenvalue weighted by Crippen LogP contribution is -2.30. The van der Waals surface area contributed by atoms with Gasteiger partial charge < -0.3 is 10.1 Å². The van der Waals surface area contributed by atoms with Crippen LogP contribution in [0, 0.1) is 11.7 Å². The first-order chi connectivity index (χ1) is 11.5. The lowest BCUT2D eigenvalue weighted by atomic mass is 9.96. The number of carbonyl (C=O) groups excluding carboxylic acids is 1. The molecule has 1 amide bonds. The van der Waals surface area contributed by atoms with Crippen molar-refractivity contribution in [3.05, 3.63) is 71.6 Å². The topological polar surface area (TPSA) is 38.3 Å². The summed E-state index contributed by atoms with van der Waals surface area (Å²) in [6, 6.07) is 13.6. The fourth-order valence-electron chi connectivity index (χ4n) is 2.43. The standard InChI is InChI=1S/C20H22FNO2/c1-14(2)20(16-8-10-18(24-3)11-9-16)22-19(23)12-7-15-5-4-6-17(21)13-15/h4-14,20H,1-3H3,(H,22,23)/b12-7+/t20-/m1/s1. The summed E-state index contributed by atoms with van der Waals surface area (Å²) in [5.74, 6) is 0.466. The molecule has 2 aromatic rings. The normalized spacial score (nSPS) is 12.4. The Kier molecular flexibility index (Phi) is 6.13. The van der Waals surface area contributed by atoms with Gasteiger partial charge in [-0.15, -0.1) is 0 Å². The lowest BCUT2D eigenvalue weighted by Gasteiger charge is -2.22. The predicted molar refractivity (Wildman–Crippen MR) is 94.1 cm³/mol. The number of rotatable bonds is 6. The number of amides is 1. The van der Waals surface area contributed by atoms with Gasteiger partial charge in [0.2, 0.25) is 5.91 Å². The van der Waals surface area contributed by atoms with Crippen molar-refractivity contribution in [3.63, 3.8) is 0 Å². The summed E-state index contributed by atoms with van der Waals surface area (Å²) in [4.78, 5) is 12.2. The highest BCUT2D eigenvalue weighted by molar-refractivity contribution is 5.92. The van der Waals surface area contributed by atoms with Crippen LogP contribution in [0.25, 0.3) is 6.08 Å². The van der Waals surface area contributed by atoms with Crippen molar-refractivity contribution in [2.75, 3.05) is 7.11 Å². The minimum Gasteiger partial charge on any atom is -0.497 e. The Morgan fingerprint density at radius 2 is 1.88 bits per heavy atom. The fraction of sp³-hybridized carbons (Fsp3) is 0.250. The maximum absolute atomic E-state index is 13.1. The van der Waals surface area contributed by atoms with Crippen LogP contribution in [0.15, 0.2) is 54.6 Å². The third-order valence-corrected chi connectivity index (χ3v) is 3.72. The van der Waals surface area contributed by atoms with E-state index in [1.165, 1.54) is 18.2 Å². The zero-order valence-electron chi connectivity index (χ0n) is 14.1. The van der Waals surface area contributed by atoms with E-state index >= 15 is 0 Å². The molecule has 0 aromatic heterocycles. The van der Waals surface area contributed by atoms with Gasteiger partial charge in [0.15, 0.2) is 0 Å². The quantitative estimate of drug-likeness (QED) is 0.801. The Labute approximate surface area is 142 Å². The highest BCUT2D eigenvalue weighted by Gasteiger charge is 2.17. The van der Waals surface area contributed by atoms with Gasteiger partial charge in [-0.3, -0.25) is 4.79 Å². The van der Waals surface area contributed by atoms with Crippen LogP contribution in [0.3, 0.4) is 0 Å². The van der Waals surface area contributed by atoms with Crippen LogP contribution in [0.5, 0.6) is 5.75 Å². The molecule has 1 atom stereocenters. The number of methoxy groups -OCH3 is 1. The summed E-state index contributed by atoms with van der Waals surface area (Å²) in [5, 5.41) is 2.99. The highest BCUT2D eigenvalue weighted by atomic mass is 19.1. The first-order valence-electron chi connectivity index (χ1n) is 7.87. The van der Waals surface area contributed by atoms with Gasteiger partial charge >= 0.3 is 0 Å². The molecule has 0 aliphatic carbocycles. The van der Waals surface area contributed by atoms with Crippen molar-refractivity contribution in [1.82, 2.24) is 5.32 Å². The minimum absolute atomic E-state index is 0.111. The van der Waals surface area contributed by atoms with Crippen LogP contribution in [0.1, 0.15) is 31.0 Å². The number of ether oxygens (including phenoxy) is 1. The van der Waals surface area contributed by atoms with Gasteiger partial charge in [0.25, 0.3) is 0 Å². The molecule has 0 aliphatic rings. The zero-order valence-corrected chi connectivity index (χ0v) is 14.1. The van der Waals surface area contributed by atoms with Gasteiger partial charge in [0.05, 0.1) is 13.2 Å². The average molecular weight is 327 g/mol. The molecular weight excluding hydrogens is 305 g/mol. The van der Waals surface area contributed by atoms with E-state index < -0.39 is 0 Å². The molecule has 24 heavy (non-hydrogen) atoms. The van der Waals surface area contributed by atoms with Crippen molar-refractivity contribution >= 4 is 12.0 Å². The van der Waals surface area contributed by atoms with E-state index in [0.29, 0.717) is 5.56 Å². The molecule has 2 aromatic carbocycles. The number of benzene rings is 2. The summed E-state index contributed by atoms with van der Waals surface area (Å²) in [7, 11) is 1.62. The highest BCUT2D eigenvalue weighted by Crippen LogP contribution is 2.23. The number of nitrogens with one attached hydrogen (secondary N) is 1. The molecule has 0 heterocycles. The SMILES string of the molecule is COc1ccc([C@H](NC(=O)/C=C/c2cccc(F)c2)C(C)C)cc1. The second-order valence-corrected chi connectivity index (χ2v) is 5.89. The first-order valence-corrected chi connectivity index (χ1v) is 7.87. The molecule has 2 rings (SSSR count). The molecule has 0 radical (unpaired) electrons. The second-order valence-electron chi connectivity index (χ2n) is 5.89. The van der Waals surface area contributed by atoms with Crippen molar-refractivity contribution < 1.29 is 13.9 Å². The summed E-state index contributed by atoms with van der Waals surface area (Å²) in [6.45, 7) is 4.09. The van der Waals surface area contributed by atoms with Crippen LogP contribution in [0.2, 0.25) is 0 Å². The van der Waals surface area contributed by atoms with Crippen LogP contribution in [-0.4, -0.2) is 13.0 Å². The molecule has 3 nitrogen and oxygen atoms in total. The number of carbonyl (C=O) groups is 1. The maximum atomic E-state index is 13.1. The zero-order chi connectivity index (χ0) is 17.5. The molecule has 0 saturated heterocycles. The number of hydrogen-bond donors (Lipinski definition) is 1. The summed E-state index contributed by atoms with van der Waals surface area (Å²) in [5.41, 5.74) is 1.66. The maximum Gasteiger partial charge on any atom is 0.244 e. The van der Waals surface area contributed by atoms with E-state index in [4.69, 9.17) is 4.74 Å². The number of halogens is 1. The Morgan fingerprint density at radius 3 is 2.46 bits per heavy atom. The van der Waals surface area contributed by atoms with Crippen LogP contribution >= 0.6 is 0 Å². The molecule has 0 saturated carbocycles. The van der Waals surface area contributed by atoms with E-state index in [0.717, 1.165) is 11.3 Å². The average Bonchev–Trinajstić information content (AvgIpc) is 2.58. The molecule has 0 fully saturated rings. The van der Waals surface area contributed by atoms with Crippen molar-refractivity contribution in [2.45, 2.75) is 19.9 Å². The van der Waals surface area contributed by atoms with Crippen LogP contribution < -0.4 is 10.1 Å². The Morgan fingerprint density at radius 1 is 1.17 bits per heavy atom. The molecular formula is C20H22FNO2. The molecule has 0 spiro atoms. The van der Waals surface area contributed by atoms with Crippen LogP contribution in [-0.2, 0) is 4.79 Å². The van der Waals surface area contributed by atoms with Gasteiger partial charge in [-0.25, -0.2) is 4.39 Å². The van der Waals surface area contributed by atoms with Crippen molar-refractivity contribution in [2.24, 2.45) is 5.92 Å². The smallest absolute Gasteiger partial charge is 0.244 e. The third-order valence-electron chi connectivity index (χ3n) is 3.72. The molecule has 126 valence electrons. The summed E-state index contributed by atoms with van der Waals surface area (Å²) < 4.78 is 18.3. The van der Waals surface area contributed by atoms with E-state index in [2.05, 4.69) is 5.32 Å². The lowest BCUT2D eigenvalue weighted by molar-refractivity contribution is -0.117. The molecule has 1 N–H and O–H groups in total. The largest absolute Gasteiger partial charge is 0.497 e. The van der Waals surface area contributed by atoms with E-state index in [-0.39, 0.29) is 23.7 Å². The number of hydrogen-bond acceptors (Lipinski definition) is 2. The Bertz CT molecular complexity index is 708. The molecule has 4 heteroatoms. The van der Waals surface area contributed by atoms with Crippen LogP contribution in [0.4, 0.5) is 4.39 Å². The Balaban J connectivity index is 2.07. The van der Waals surface area contributed by atoms with Gasteiger partial charge in [-0.1, -0.05) is 38.1 Å². The van der Waals surface area contributed by atoms with Crippen molar-refractivity contribution in [1.29, 1.82) is 0 Å². The monoisotopic (exact) mass is 327 g/mol. The van der Waals surface area contributed by atoms with Crippen molar-refractivity contribution in [3.8, 4) is 5.75 Å². The second kappa shape index (κ2) is 8.29. The Hall–Kier alpha value is -2.62.